The molecule has 1 aliphatic carbocycles. The van der Waals surface area contributed by atoms with Gasteiger partial charge in [0.15, 0.2) is 0 Å². The summed E-state index contributed by atoms with van der Waals surface area (Å²) in [5.74, 6) is 0. The van der Waals surface area contributed by atoms with Crippen molar-refractivity contribution < 1.29 is 14.6 Å². The Morgan fingerprint density at radius 3 is 2.57 bits per heavy atom. The first-order chi connectivity index (χ1) is 10.1. The van der Waals surface area contributed by atoms with Crippen LogP contribution < -0.4 is 10.6 Å². The van der Waals surface area contributed by atoms with Gasteiger partial charge in [0.2, 0.25) is 0 Å². The number of hydrogen-bond acceptors (Lipinski definition) is 3. The number of aliphatic hydroxyl groups is 1. The molecule has 5 nitrogen and oxygen atoms in total. The Labute approximate surface area is 129 Å². The predicted octanol–water partition coefficient (Wildman–Crippen LogP) is 2.24. The smallest absolute Gasteiger partial charge is 0.315 e. The molecule has 0 aromatic heterocycles. The number of nitrogens with one attached hydrogen (secondary N) is 2. The molecule has 116 valence electrons. The van der Waals surface area contributed by atoms with E-state index in [2.05, 4.69) is 10.6 Å². The number of carbonyl (C=O) groups excluding carboxylic acids is 1. The molecule has 1 aromatic carbocycles. The summed E-state index contributed by atoms with van der Waals surface area (Å²) in [7, 11) is 1.67. The second kappa shape index (κ2) is 7.11. The zero-order valence-corrected chi connectivity index (χ0v) is 12.8. The van der Waals surface area contributed by atoms with E-state index in [0.717, 1.165) is 24.8 Å². The molecular formula is C15H21ClN2O3. The lowest BCUT2D eigenvalue weighted by atomic mass is 9.80. The van der Waals surface area contributed by atoms with Crippen molar-refractivity contribution in [2.45, 2.75) is 30.9 Å². The van der Waals surface area contributed by atoms with Crippen LogP contribution >= 0.6 is 11.6 Å². The molecule has 0 bridgehead atoms. The zero-order valence-electron chi connectivity index (χ0n) is 12.1. The zero-order chi connectivity index (χ0) is 15.3. The number of benzene rings is 1. The van der Waals surface area contributed by atoms with Gasteiger partial charge >= 0.3 is 6.03 Å². The van der Waals surface area contributed by atoms with Gasteiger partial charge in [0.25, 0.3) is 0 Å². The Morgan fingerprint density at radius 1 is 1.43 bits per heavy atom. The number of amides is 2. The van der Waals surface area contributed by atoms with E-state index in [4.69, 9.17) is 16.3 Å². The van der Waals surface area contributed by atoms with Crippen molar-refractivity contribution in [3.63, 3.8) is 0 Å². The Balaban J connectivity index is 1.86. The van der Waals surface area contributed by atoms with Crippen molar-refractivity contribution in [1.82, 2.24) is 10.6 Å². The Morgan fingerprint density at radius 2 is 2.10 bits per heavy atom. The molecule has 0 heterocycles. The van der Waals surface area contributed by atoms with Gasteiger partial charge < -0.3 is 20.5 Å². The number of ether oxygens (including phenoxy) is 1. The molecular weight excluding hydrogens is 292 g/mol. The van der Waals surface area contributed by atoms with Crippen molar-refractivity contribution in [1.29, 1.82) is 0 Å². The van der Waals surface area contributed by atoms with Gasteiger partial charge in [-0.3, -0.25) is 0 Å². The van der Waals surface area contributed by atoms with Crippen molar-refractivity contribution in [3.8, 4) is 0 Å². The van der Waals surface area contributed by atoms with Crippen LogP contribution in [0.4, 0.5) is 4.79 Å². The van der Waals surface area contributed by atoms with E-state index in [0.29, 0.717) is 11.6 Å². The molecule has 0 radical (unpaired) electrons. The second-order valence-corrected chi connectivity index (χ2v) is 5.79. The highest BCUT2D eigenvalue weighted by atomic mass is 35.5. The van der Waals surface area contributed by atoms with Gasteiger partial charge in [0, 0.05) is 18.7 Å². The summed E-state index contributed by atoms with van der Waals surface area (Å²) in [5.41, 5.74) is 0.592. The number of hydrogen-bond donors (Lipinski definition) is 3. The van der Waals surface area contributed by atoms with Crippen LogP contribution in [0.25, 0.3) is 0 Å². The average molecular weight is 313 g/mol. The summed E-state index contributed by atoms with van der Waals surface area (Å²) in [6.07, 6.45) is 3.05. The van der Waals surface area contributed by atoms with E-state index in [1.165, 1.54) is 0 Å². The van der Waals surface area contributed by atoms with E-state index in [-0.39, 0.29) is 18.2 Å². The van der Waals surface area contributed by atoms with Gasteiger partial charge in [0.05, 0.1) is 18.2 Å². The van der Waals surface area contributed by atoms with Gasteiger partial charge in [-0.1, -0.05) is 23.7 Å². The molecule has 6 heteroatoms. The van der Waals surface area contributed by atoms with Gasteiger partial charge in [-0.25, -0.2) is 4.79 Å². The molecule has 3 N–H and O–H groups in total. The molecule has 1 aliphatic rings. The number of carbonyl (C=O) groups is 1. The number of methoxy groups -OCH3 is 1. The normalized spacial score (nSPS) is 17.7. The van der Waals surface area contributed by atoms with E-state index >= 15 is 0 Å². The topological polar surface area (TPSA) is 70.6 Å². The fourth-order valence-electron chi connectivity index (χ4n) is 2.40. The van der Waals surface area contributed by atoms with Crippen LogP contribution in [0.2, 0.25) is 5.02 Å². The highest BCUT2D eigenvalue weighted by molar-refractivity contribution is 6.30. The minimum atomic E-state index is -0.456. The number of aliphatic hydroxyl groups excluding tert-OH is 1. The third-order valence-corrected chi connectivity index (χ3v) is 4.28. The summed E-state index contributed by atoms with van der Waals surface area (Å²) >= 11 is 5.83. The van der Waals surface area contributed by atoms with Crippen LogP contribution in [0.1, 0.15) is 30.9 Å². The Kier molecular flexibility index (Phi) is 5.45. The van der Waals surface area contributed by atoms with Crippen molar-refractivity contribution in [3.05, 3.63) is 34.9 Å². The molecule has 1 fully saturated rings. The van der Waals surface area contributed by atoms with Gasteiger partial charge in [-0.15, -0.1) is 0 Å². The van der Waals surface area contributed by atoms with Gasteiger partial charge in [-0.05, 0) is 37.0 Å². The summed E-state index contributed by atoms with van der Waals surface area (Å²) in [5, 5.41) is 15.6. The minimum absolute atomic E-state index is 0.176. The molecule has 1 atom stereocenters. The van der Waals surface area contributed by atoms with Crippen LogP contribution in [0.5, 0.6) is 0 Å². The molecule has 1 aromatic rings. The molecule has 0 aliphatic heterocycles. The molecule has 2 amide bonds. The highest BCUT2D eigenvalue weighted by Crippen LogP contribution is 2.34. The SMILES string of the molecule is COC1(CNC(=O)NC(CO)c2ccc(Cl)cc2)CCC1. The lowest BCUT2D eigenvalue weighted by Crippen LogP contribution is -2.51. The molecule has 0 saturated heterocycles. The van der Waals surface area contributed by atoms with Crippen molar-refractivity contribution >= 4 is 17.6 Å². The first kappa shape index (κ1) is 16.1. The summed E-state index contributed by atoms with van der Waals surface area (Å²) in [6, 6.07) is 6.26. The first-order valence-electron chi connectivity index (χ1n) is 7.04. The lowest BCUT2D eigenvalue weighted by Gasteiger charge is -2.40. The van der Waals surface area contributed by atoms with Crippen molar-refractivity contribution in [2.75, 3.05) is 20.3 Å². The molecule has 21 heavy (non-hydrogen) atoms. The number of urea groups is 1. The van der Waals surface area contributed by atoms with E-state index in [1.54, 1.807) is 31.4 Å². The average Bonchev–Trinajstić information content (AvgIpc) is 2.45. The Bertz CT molecular complexity index is 469. The van der Waals surface area contributed by atoms with Crippen LogP contribution in [-0.4, -0.2) is 37.0 Å². The van der Waals surface area contributed by atoms with Crippen molar-refractivity contribution in [2.24, 2.45) is 0 Å². The van der Waals surface area contributed by atoms with E-state index in [9.17, 15) is 9.90 Å². The maximum Gasteiger partial charge on any atom is 0.315 e. The summed E-state index contributed by atoms with van der Waals surface area (Å²) < 4.78 is 5.45. The lowest BCUT2D eigenvalue weighted by molar-refractivity contribution is -0.0674. The third kappa shape index (κ3) is 4.09. The maximum absolute atomic E-state index is 11.9. The fourth-order valence-corrected chi connectivity index (χ4v) is 2.53. The number of rotatable bonds is 6. The molecule has 2 rings (SSSR count). The number of halogens is 1. The van der Waals surface area contributed by atoms with Crippen LogP contribution in [0, 0.1) is 0 Å². The standard InChI is InChI=1S/C15H21ClN2O3/c1-21-15(7-2-8-15)10-17-14(20)18-13(9-19)11-3-5-12(16)6-4-11/h3-6,13,19H,2,7-10H2,1H3,(H2,17,18,20). The molecule has 1 saturated carbocycles. The van der Waals surface area contributed by atoms with Gasteiger partial charge in [-0.2, -0.15) is 0 Å². The third-order valence-electron chi connectivity index (χ3n) is 4.03. The molecule has 0 spiro atoms. The van der Waals surface area contributed by atoms with E-state index in [1.807, 2.05) is 0 Å². The predicted molar refractivity (Wildman–Crippen MR) is 81.4 cm³/mol. The van der Waals surface area contributed by atoms with E-state index < -0.39 is 6.04 Å². The maximum atomic E-state index is 11.9. The van der Waals surface area contributed by atoms with Crippen LogP contribution in [0.3, 0.4) is 0 Å². The summed E-state index contributed by atoms with van der Waals surface area (Å²) in [6.45, 7) is 0.304. The Hall–Kier alpha value is -1.30. The quantitative estimate of drug-likeness (QED) is 0.754. The summed E-state index contributed by atoms with van der Waals surface area (Å²) in [4.78, 5) is 11.9. The van der Waals surface area contributed by atoms with Gasteiger partial charge in [0.1, 0.15) is 0 Å². The highest BCUT2D eigenvalue weighted by Gasteiger charge is 2.37. The van der Waals surface area contributed by atoms with Crippen LogP contribution in [0.15, 0.2) is 24.3 Å². The molecule has 1 unspecified atom stereocenters. The minimum Gasteiger partial charge on any atom is -0.394 e. The fraction of sp³-hybridized carbons (Fsp3) is 0.533. The van der Waals surface area contributed by atoms with Crippen LogP contribution in [-0.2, 0) is 4.74 Å². The first-order valence-corrected chi connectivity index (χ1v) is 7.42. The largest absolute Gasteiger partial charge is 0.394 e. The second-order valence-electron chi connectivity index (χ2n) is 5.35. The monoisotopic (exact) mass is 312 g/mol.